The fraction of sp³-hybridized carbons (Fsp3) is 0.417. The quantitative estimate of drug-likeness (QED) is 0.648. The first-order valence-electron chi connectivity index (χ1n) is 9.74. The zero-order chi connectivity index (χ0) is 18.2. The highest BCUT2D eigenvalue weighted by molar-refractivity contribution is 5.72. The fourth-order valence-electron chi connectivity index (χ4n) is 3.39. The maximum atomic E-state index is 3.58. The molecule has 1 N–H and O–H groups in total. The Bertz CT molecular complexity index is 684. The molecule has 0 radical (unpaired) electrons. The van der Waals surface area contributed by atoms with Crippen LogP contribution in [-0.2, 0) is 0 Å². The van der Waals surface area contributed by atoms with Crippen molar-refractivity contribution in [3.8, 4) is 0 Å². The van der Waals surface area contributed by atoms with Crippen molar-refractivity contribution in [2.75, 3.05) is 6.54 Å². The molecule has 0 fully saturated rings. The van der Waals surface area contributed by atoms with Crippen LogP contribution in [0.3, 0.4) is 0 Å². The van der Waals surface area contributed by atoms with Gasteiger partial charge in [0.05, 0.1) is 0 Å². The molecule has 0 atom stereocenters. The Morgan fingerprint density at radius 1 is 1.00 bits per heavy atom. The van der Waals surface area contributed by atoms with Crippen LogP contribution in [0.5, 0.6) is 0 Å². The summed E-state index contributed by atoms with van der Waals surface area (Å²) >= 11 is 0. The molecule has 1 aliphatic carbocycles. The SMILES string of the molecule is CC.CC1=C(C2=CC(CC(C)C)=CCN2)C=C(c2ccccc2)CC1. The van der Waals surface area contributed by atoms with E-state index in [4.69, 9.17) is 0 Å². The summed E-state index contributed by atoms with van der Waals surface area (Å²) in [5, 5.41) is 3.58. The van der Waals surface area contributed by atoms with E-state index in [2.05, 4.69) is 74.6 Å². The Kier molecular flexibility index (Phi) is 7.31. The van der Waals surface area contributed by atoms with Gasteiger partial charge < -0.3 is 5.32 Å². The fourth-order valence-corrected chi connectivity index (χ4v) is 3.39. The second-order valence-electron chi connectivity index (χ2n) is 7.05. The van der Waals surface area contributed by atoms with Gasteiger partial charge in [0.15, 0.2) is 0 Å². The van der Waals surface area contributed by atoms with Gasteiger partial charge in [-0.2, -0.15) is 0 Å². The van der Waals surface area contributed by atoms with E-state index in [1.165, 1.54) is 33.6 Å². The van der Waals surface area contributed by atoms with E-state index >= 15 is 0 Å². The van der Waals surface area contributed by atoms with E-state index in [0.29, 0.717) is 5.92 Å². The molecule has 1 nitrogen and oxygen atoms in total. The summed E-state index contributed by atoms with van der Waals surface area (Å²) in [5.74, 6) is 0.703. The summed E-state index contributed by atoms with van der Waals surface area (Å²) in [4.78, 5) is 0. The summed E-state index contributed by atoms with van der Waals surface area (Å²) in [6, 6.07) is 10.8. The highest BCUT2D eigenvalue weighted by Crippen LogP contribution is 2.33. The first-order valence-corrected chi connectivity index (χ1v) is 9.74. The van der Waals surface area contributed by atoms with Gasteiger partial charge in [-0.25, -0.2) is 0 Å². The van der Waals surface area contributed by atoms with Crippen LogP contribution in [0.2, 0.25) is 0 Å². The highest BCUT2D eigenvalue weighted by atomic mass is 14.9. The lowest BCUT2D eigenvalue weighted by atomic mass is 9.87. The third-order valence-corrected chi connectivity index (χ3v) is 4.61. The van der Waals surface area contributed by atoms with Gasteiger partial charge in [0.1, 0.15) is 0 Å². The largest absolute Gasteiger partial charge is 0.381 e. The van der Waals surface area contributed by atoms with Crippen molar-refractivity contribution in [3.63, 3.8) is 0 Å². The molecular weight excluding hydrogens is 302 g/mol. The molecule has 2 aliphatic rings. The minimum Gasteiger partial charge on any atom is -0.381 e. The minimum atomic E-state index is 0.703. The predicted octanol–water partition coefficient (Wildman–Crippen LogP) is 6.67. The minimum absolute atomic E-state index is 0.703. The Morgan fingerprint density at radius 2 is 1.72 bits per heavy atom. The van der Waals surface area contributed by atoms with Crippen LogP contribution in [0.1, 0.15) is 59.4 Å². The van der Waals surface area contributed by atoms with Crippen LogP contribution in [0.25, 0.3) is 5.57 Å². The highest BCUT2D eigenvalue weighted by Gasteiger charge is 2.16. The lowest BCUT2D eigenvalue weighted by molar-refractivity contribution is 0.644. The summed E-state index contributed by atoms with van der Waals surface area (Å²) in [6.07, 6.45) is 10.5. The predicted molar refractivity (Wildman–Crippen MR) is 111 cm³/mol. The zero-order valence-electron chi connectivity index (χ0n) is 16.5. The molecule has 25 heavy (non-hydrogen) atoms. The van der Waals surface area contributed by atoms with Gasteiger partial charge in [-0.1, -0.05) is 69.7 Å². The third kappa shape index (κ3) is 5.22. The van der Waals surface area contributed by atoms with E-state index in [-0.39, 0.29) is 0 Å². The number of hydrogen-bond acceptors (Lipinski definition) is 1. The molecule has 0 bridgehead atoms. The van der Waals surface area contributed by atoms with E-state index in [0.717, 1.165) is 25.8 Å². The van der Waals surface area contributed by atoms with Crippen molar-refractivity contribution >= 4 is 5.57 Å². The average molecular weight is 336 g/mol. The Balaban J connectivity index is 0.00000109. The van der Waals surface area contributed by atoms with Crippen LogP contribution in [0, 0.1) is 5.92 Å². The third-order valence-electron chi connectivity index (χ3n) is 4.61. The molecule has 0 spiro atoms. The van der Waals surface area contributed by atoms with Gasteiger partial charge in [0, 0.05) is 12.2 Å². The number of rotatable bonds is 4. The maximum Gasteiger partial charge on any atom is 0.0418 e. The van der Waals surface area contributed by atoms with Crippen molar-refractivity contribution in [3.05, 3.63) is 76.5 Å². The van der Waals surface area contributed by atoms with Gasteiger partial charge in [-0.05, 0) is 66.5 Å². The second-order valence-corrected chi connectivity index (χ2v) is 7.05. The summed E-state index contributed by atoms with van der Waals surface area (Å²) in [5.41, 5.74) is 8.46. The molecule has 1 aromatic rings. The van der Waals surface area contributed by atoms with E-state index in [1.54, 1.807) is 0 Å². The standard InChI is InChI=1S/C22H27N.C2H6/c1-16(2)13-18-11-12-23-22(14-18)21-15-20(10-9-17(21)3)19-7-5-4-6-8-19;1-2/h4-8,11,14-16,23H,9-10,12-13H2,1-3H3;1-2H3. The van der Waals surface area contributed by atoms with Crippen molar-refractivity contribution < 1.29 is 0 Å². The second kappa shape index (κ2) is 9.46. The maximum absolute atomic E-state index is 3.58. The van der Waals surface area contributed by atoms with Gasteiger partial charge in [0.2, 0.25) is 0 Å². The van der Waals surface area contributed by atoms with Crippen molar-refractivity contribution in [2.45, 2.75) is 53.9 Å². The zero-order valence-corrected chi connectivity index (χ0v) is 16.5. The Morgan fingerprint density at radius 3 is 2.40 bits per heavy atom. The van der Waals surface area contributed by atoms with Crippen molar-refractivity contribution in [1.82, 2.24) is 5.32 Å². The number of hydrogen-bond donors (Lipinski definition) is 1. The van der Waals surface area contributed by atoms with E-state index < -0.39 is 0 Å². The summed E-state index contributed by atoms with van der Waals surface area (Å²) < 4.78 is 0. The van der Waals surface area contributed by atoms with Crippen molar-refractivity contribution in [2.24, 2.45) is 5.92 Å². The topological polar surface area (TPSA) is 12.0 Å². The first-order chi connectivity index (χ1) is 12.1. The molecule has 0 aromatic heterocycles. The van der Waals surface area contributed by atoms with Gasteiger partial charge in [-0.3, -0.25) is 0 Å². The van der Waals surface area contributed by atoms with Crippen molar-refractivity contribution in [1.29, 1.82) is 0 Å². The number of benzene rings is 1. The molecule has 1 aromatic carbocycles. The van der Waals surface area contributed by atoms with Crippen LogP contribution in [0.15, 0.2) is 71.0 Å². The van der Waals surface area contributed by atoms with E-state index in [1.807, 2.05) is 13.8 Å². The van der Waals surface area contributed by atoms with Crippen LogP contribution in [0.4, 0.5) is 0 Å². The molecule has 1 heteroatoms. The molecule has 0 amide bonds. The normalized spacial score (nSPS) is 17.1. The molecule has 0 saturated heterocycles. The monoisotopic (exact) mass is 335 g/mol. The lowest BCUT2D eigenvalue weighted by Gasteiger charge is -2.24. The van der Waals surface area contributed by atoms with Gasteiger partial charge in [0.25, 0.3) is 0 Å². The first kappa shape index (κ1) is 19.3. The van der Waals surface area contributed by atoms with Gasteiger partial charge >= 0.3 is 0 Å². The molecule has 1 aliphatic heterocycles. The summed E-state index contributed by atoms with van der Waals surface area (Å²) in [6.45, 7) is 11.8. The number of nitrogens with one attached hydrogen (secondary N) is 1. The number of dihydropyridines is 1. The molecular formula is C24H33N. The average Bonchev–Trinajstić information content (AvgIpc) is 2.64. The van der Waals surface area contributed by atoms with Crippen LogP contribution < -0.4 is 5.32 Å². The van der Waals surface area contributed by atoms with E-state index in [9.17, 15) is 0 Å². The molecule has 134 valence electrons. The number of allylic oxidation sites excluding steroid dienone is 5. The molecule has 0 saturated carbocycles. The lowest BCUT2D eigenvalue weighted by Crippen LogP contribution is -2.20. The molecule has 3 rings (SSSR count). The smallest absolute Gasteiger partial charge is 0.0418 e. The van der Waals surface area contributed by atoms with Crippen LogP contribution >= 0.6 is 0 Å². The molecule has 1 heterocycles. The Labute approximate surface area is 154 Å². The molecule has 0 unspecified atom stereocenters. The summed E-state index contributed by atoms with van der Waals surface area (Å²) in [7, 11) is 0. The Hall–Kier alpha value is -2.02. The van der Waals surface area contributed by atoms with Gasteiger partial charge in [-0.15, -0.1) is 0 Å². The van der Waals surface area contributed by atoms with Crippen LogP contribution in [-0.4, -0.2) is 6.54 Å².